The van der Waals surface area contributed by atoms with Gasteiger partial charge in [-0.15, -0.1) is 0 Å². The van der Waals surface area contributed by atoms with Gasteiger partial charge in [-0.05, 0) is 0 Å². The number of carbonyl (C=O) groups excluding carboxylic acids is 1. The molecule has 1 rings (SSSR count). The first-order valence-corrected chi connectivity index (χ1v) is 4.30. The first-order chi connectivity index (χ1) is 6.29. The van der Waals surface area contributed by atoms with Gasteiger partial charge in [0.1, 0.15) is 6.29 Å². The van der Waals surface area contributed by atoms with Crippen LogP contribution in [0.25, 0.3) is 0 Å². The molecule has 0 saturated heterocycles. The van der Waals surface area contributed by atoms with Crippen LogP contribution in [0.15, 0.2) is 6.20 Å². The molecule has 13 heavy (non-hydrogen) atoms. The number of methoxy groups -OCH3 is 1. The molecule has 0 radical (unpaired) electrons. The van der Waals surface area contributed by atoms with Gasteiger partial charge in [-0.3, -0.25) is 4.68 Å². The number of nitrogens with zero attached hydrogens (tertiary/aromatic N) is 2. The van der Waals surface area contributed by atoms with E-state index in [4.69, 9.17) is 16.3 Å². The zero-order valence-corrected chi connectivity index (χ0v) is 8.12. The maximum atomic E-state index is 10.3. The molecule has 1 aromatic rings. The van der Waals surface area contributed by atoms with Crippen molar-refractivity contribution < 1.29 is 9.53 Å². The average molecular weight is 203 g/mol. The van der Waals surface area contributed by atoms with E-state index in [1.54, 1.807) is 11.8 Å². The number of carbonyl (C=O) groups is 1. The molecule has 1 heterocycles. The van der Waals surface area contributed by atoms with Crippen molar-refractivity contribution >= 4 is 17.9 Å². The molecular weight excluding hydrogens is 192 g/mol. The molecule has 5 heteroatoms. The highest BCUT2D eigenvalue weighted by Gasteiger charge is 2.07. The molecule has 1 aromatic heterocycles. The smallest absolute Gasteiger partial charge is 0.125 e. The lowest BCUT2D eigenvalue weighted by atomic mass is 10.3. The van der Waals surface area contributed by atoms with Crippen LogP contribution in [0.4, 0.5) is 0 Å². The molecule has 0 aliphatic carbocycles. The van der Waals surface area contributed by atoms with E-state index < -0.39 is 0 Å². The normalized spacial score (nSPS) is 10.3. The first-order valence-electron chi connectivity index (χ1n) is 3.92. The largest absolute Gasteiger partial charge is 0.383 e. The van der Waals surface area contributed by atoms with Crippen LogP contribution < -0.4 is 0 Å². The Kier molecular flexibility index (Phi) is 3.92. The molecule has 0 N–H and O–H groups in total. The molecule has 0 aliphatic rings. The average Bonchev–Trinajstić information content (AvgIpc) is 2.46. The summed E-state index contributed by atoms with van der Waals surface area (Å²) in [6.07, 6.45) is 2.64. The third-order valence-electron chi connectivity index (χ3n) is 1.68. The van der Waals surface area contributed by atoms with Crippen molar-refractivity contribution in [3.05, 3.63) is 16.9 Å². The van der Waals surface area contributed by atoms with Crippen LogP contribution in [0.5, 0.6) is 0 Å². The number of hydrogen-bond acceptors (Lipinski definition) is 3. The summed E-state index contributed by atoms with van der Waals surface area (Å²) in [7, 11) is 1.62. The lowest BCUT2D eigenvalue weighted by molar-refractivity contribution is -0.107. The maximum absolute atomic E-state index is 10.3. The van der Waals surface area contributed by atoms with Crippen LogP contribution in [0, 0.1) is 0 Å². The summed E-state index contributed by atoms with van der Waals surface area (Å²) < 4.78 is 6.58. The van der Waals surface area contributed by atoms with Gasteiger partial charge >= 0.3 is 0 Å². The molecule has 0 bridgehead atoms. The van der Waals surface area contributed by atoms with Crippen molar-refractivity contribution in [2.45, 2.75) is 13.0 Å². The minimum Gasteiger partial charge on any atom is -0.383 e. The van der Waals surface area contributed by atoms with Gasteiger partial charge in [0.2, 0.25) is 0 Å². The van der Waals surface area contributed by atoms with Crippen molar-refractivity contribution in [3.8, 4) is 0 Å². The topological polar surface area (TPSA) is 44.1 Å². The fourth-order valence-corrected chi connectivity index (χ4v) is 1.26. The van der Waals surface area contributed by atoms with E-state index in [1.165, 1.54) is 6.20 Å². The van der Waals surface area contributed by atoms with Crippen molar-refractivity contribution in [1.82, 2.24) is 9.78 Å². The molecule has 0 unspecified atom stereocenters. The monoisotopic (exact) mass is 202 g/mol. The van der Waals surface area contributed by atoms with Gasteiger partial charge in [0, 0.05) is 13.5 Å². The lowest BCUT2D eigenvalue weighted by Gasteiger charge is -2.03. The predicted molar refractivity (Wildman–Crippen MR) is 48.9 cm³/mol. The van der Waals surface area contributed by atoms with Gasteiger partial charge < -0.3 is 9.53 Å². The van der Waals surface area contributed by atoms with Crippen LogP contribution in [0.3, 0.4) is 0 Å². The summed E-state index contributed by atoms with van der Waals surface area (Å²) in [5, 5.41) is 4.55. The van der Waals surface area contributed by atoms with Crippen LogP contribution in [-0.4, -0.2) is 29.8 Å². The van der Waals surface area contributed by atoms with E-state index in [2.05, 4.69) is 5.10 Å². The first kappa shape index (κ1) is 10.2. The lowest BCUT2D eigenvalue weighted by Crippen LogP contribution is -2.09. The minimum absolute atomic E-state index is 0.294. The quantitative estimate of drug-likeness (QED) is 0.668. The summed E-state index contributed by atoms with van der Waals surface area (Å²) in [5.41, 5.74) is 0.744. The van der Waals surface area contributed by atoms with Crippen LogP contribution in [0.2, 0.25) is 5.02 Å². The number of rotatable bonds is 5. The van der Waals surface area contributed by atoms with E-state index in [1.807, 2.05) is 0 Å². The fraction of sp³-hybridized carbons (Fsp3) is 0.500. The third-order valence-corrected chi connectivity index (χ3v) is 2.00. The van der Waals surface area contributed by atoms with E-state index in [9.17, 15) is 4.79 Å². The SMILES string of the molecule is COCCn1ncc(Cl)c1CC=O. The number of aldehydes is 1. The molecule has 0 atom stereocenters. The molecule has 72 valence electrons. The Balaban J connectivity index is 2.74. The van der Waals surface area contributed by atoms with E-state index in [0.717, 1.165) is 12.0 Å². The maximum Gasteiger partial charge on any atom is 0.125 e. The zero-order chi connectivity index (χ0) is 9.68. The number of hydrogen-bond donors (Lipinski definition) is 0. The number of aromatic nitrogens is 2. The van der Waals surface area contributed by atoms with Gasteiger partial charge in [0.25, 0.3) is 0 Å². The second-order valence-corrected chi connectivity index (χ2v) is 2.93. The molecule has 0 spiro atoms. The van der Waals surface area contributed by atoms with E-state index >= 15 is 0 Å². The van der Waals surface area contributed by atoms with Gasteiger partial charge in [0.05, 0.1) is 30.1 Å². The summed E-state index contributed by atoms with van der Waals surface area (Å²) >= 11 is 5.82. The zero-order valence-electron chi connectivity index (χ0n) is 7.36. The highest BCUT2D eigenvalue weighted by molar-refractivity contribution is 6.31. The molecule has 0 aromatic carbocycles. The molecule has 0 aliphatic heterocycles. The van der Waals surface area contributed by atoms with E-state index in [0.29, 0.717) is 24.6 Å². The van der Waals surface area contributed by atoms with Gasteiger partial charge in [-0.2, -0.15) is 5.10 Å². The summed E-state index contributed by atoms with van der Waals surface area (Å²) in [4.78, 5) is 10.3. The number of halogens is 1. The second-order valence-electron chi connectivity index (χ2n) is 2.53. The highest BCUT2D eigenvalue weighted by Crippen LogP contribution is 2.14. The standard InChI is InChI=1S/C8H11ClN2O2/c1-13-5-3-11-8(2-4-12)7(9)6-10-11/h4,6H,2-3,5H2,1H3. The van der Waals surface area contributed by atoms with Crippen molar-refractivity contribution in [2.24, 2.45) is 0 Å². The van der Waals surface area contributed by atoms with Crippen molar-refractivity contribution in [3.63, 3.8) is 0 Å². The summed E-state index contributed by atoms with van der Waals surface area (Å²) in [6, 6.07) is 0. The van der Waals surface area contributed by atoms with E-state index in [-0.39, 0.29) is 0 Å². The Labute approximate surface area is 81.4 Å². The Morgan fingerprint density at radius 1 is 1.77 bits per heavy atom. The Morgan fingerprint density at radius 3 is 3.15 bits per heavy atom. The molecule has 4 nitrogen and oxygen atoms in total. The Hall–Kier alpha value is -0.870. The molecule has 0 amide bonds. The second kappa shape index (κ2) is 4.99. The highest BCUT2D eigenvalue weighted by atomic mass is 35.5. The van der Waals surface area contributed by atoms with Gasteiger partial charge in [-0.25, -0.2) is 0 Å². The summed E-state index contributed by atoms with van der Waals surface area (Å²) in [5.74, 6) is 0. The molecule has 0 saturated carbocycles. The molecular formula is C8H11ClN2O2. The van der Waals surface area contributed by atoms with Gasteiger partial charge in [-0.1, -0.05) is 11.6 Å². The summed E-state index contributed by atoms with van der Waals surface area (Å²) in [6.45, 7) is 1.18. The van der Waals surface area contributed by atoms with Crippen LogP contribution >= 0.6 is 11.6 Å². The van der Waals surface area contributed by atoms with Crippen molar-refractivity contribution in [2.75, 3.05) is 13.7 Å². The Morgan fingerprint density at radius 2 is 2.54 bits per heavy atom. The van der Waals surface area contributed by atoms with Crippen LogP contribution in [-0.2, 0) is 22.5 Å². The van der Waals surface area contributed by atoms with Crippen molar-refractivity contribution in [1.29, 1.82) is 0 Å². The fourth-order valence-electron chi connectivity index (χ4n) is 1.04. The Bertz CT molecular complexity index is 286. The minimum atomic E-state index is 0.294. The van der Waals surface area contributed by atoms with Gasteiger partial charge in [0.15, 0.2) is 0 Å². The predicted octanol–water partition coefficient (Wildman–Crippen LogP) is 0.924. The molecule has 0 fully saturated rings. The number of ether oxygens (including phenoxy) is 1. The third kappa shape index (κ3) is 2.54. The van der Waals surface area contributed by atoms with Crippen LogP contribution in [0.1, 0.15) is 5.69 Å².